The van der Waals surface area contributed by atoms with Crippen molar-refractivity contribution in [3.05, 3.63) is 21.9 Å². The molecule has 1 amide bonds. The Kier molecular flexibility index (Phi) is 6.19. The average molecular weight is 383 g/mol. The summed E-state index contributed by atoms with van der Waals surface area (Å²) < 4.78 is 0. The van der Waals surface area contributed by atoms with E-state index >= 15 is 0 Å². The Morgan fingerprint density at radius 2 is 2.00 bits per heavy atom. The Bertz CT molecular complexity index is 694. The molecule has 0 radical (unpaired) electrons. The largest absolute Gasteiger partial charge is 0.501 e. The van der Waals surface area contributed by atoms with Crippen LogP contribution in [0, 0.1) is 5.92 Å². The molecule has 2 aliphatic rings. The van der Waals surface area contributed by atoms with Crippen LogP contribution in [-0.2, 0) is 0 Å². The number of rotatable bonds is 4. The smallest absolute Gasteiger partial charge is 0.293 e. The van der Waals surface area contributed by atoms with Crippen molar-refractivity contribution >= 4 is 17.5 Å². The summed E-state index contributed by atoms with van der Waals surface area (Å²) in [5.74, 6) is -0.337. The van der Waals surface area contributed by atoms with Gasteiger partial charge in [0.15, 0.2) is 5.69 Å². The van der Waals surface area contributed by atoms with Gasteiger partial charge < -0.3 is 20.7 Å². The van der Waals surface area contributed by atoms with Gasteiger partial charge in [0.25, 0.3) is 11.5 Å². The molecular formula is C18H27ClN4O3. The molecule has 1 unspecified atom stereocenters. The van der Waals surface area contributed by atoms with Crippen molar-refractivity contribution in [1.29, 1.82) is 0 Å². The van der Waals surface area contributed by atoms with Crippen molar-refractivity contribution in [1.82, 2.24) is 20.6 Å². The highest BCUT2D eigenvalue weighted by Crippen LogP contribution is 2.27. The number of aromatic nitrogens is 2. The van der Waals surface area contributed by atoms with Gasteiger partial charge in [-0.25, -0.2) is 4.98 Å². The fourth-order valence-corrected chi connectivity index (χ4v) is 4.11. The lowest BCUT2D eigenvalue weighted by Crippen LogP contribution is -2.40. The highest BCUT2D eigenvalue weighted by molar-refractivity contribution is 6.20. The standard InChI is InChI=1S/C18H27ClN4O3/c1-10(11-5-3-2-4-6-11)21-17(25)14-15(24)18(26)23-16(22-14)13-8-7-12(19)9-20-13/h10-13,20,24H,2-9H2,1H3,(H,21,25)(H,22,23,26)/t10-,12-,13?/m1/s1. The van der Waals surface area contributed by atoms with E-state index in [-0.39, 0.29) is 23.2 Å². The fourth-order valence-electron chi connectivity index (χ4n) is 3.89. The van der Waals surface area contributed by atoms with E-state index in [0.717, 1.165) is 19.3 Å². The molecule has 1 saturated heterocycles. The molecule has 0 spiro atoms. The number of hydrogen-bond donors (Lipinski definition) is 4. The number of aromatic amines is 1. The van der Waals surface area contributed by atoms with Crippen molar-refractivity contribution < 1.29 is 9.90 Å². The first-order chi connectivity index (χ1) is 12.5. The third-order valence-electron chi connectivity index (χ3n) is 5.53. The molecule has 2 fully saturated rings. The van der Waals surface area contributed by atoms with Crippen LogP contribution in [-0.4, -0.2) is 38.9 Å². The zero-order chi connectivity index (χ0) is 18.7. The van der Waals surface area contributed by atoms with Crippen molar-refractivity contribution in [2.45, 2.75) is 69.3 Å². The minimum atomic E-state index is -0.694. The maximum atomic E-state index is 12.6. The number of alkyl halides is 1. The predicted molar refractivity (Wildman–Crippen MR) is 99.6 cm³/mol. The van der Waals surface area contributed by atoms with Crippen LogP contribution in [0.5, 0.6) is 5.75 Å². The van der Waals surface area contributed by atoms with Gasteiger partial charge in [-0.15, -0.1) is 11.6 Å². The molecule has 3 atom stereocenters. The summed E-state index contributed by atoms with van der Waals surface area (Å²) in [7, 11) is 0. The number of amides is 1. The van der Waals surface area contributed by atoms with E-state index in [2.05, 4.69) is 20.6 Å². The van der Waals surface area contributed by atoms with Gasteiger partial charge in [0.05, 0.1) is 6.04 Å². The lowest BCUT2D eigenvalue weighted by atomic mass is 9.84. The van der Waals surface area contributed by atoms with Gasteiger partial charge in [0.2, 0.25) is 5.75 Å². The van der Waals surface area contributed by atoms with E-state index in [4.69, 9.17) is 11.6 Å². The maximum absolute atomic E-state index is 12.6. The zero-order valence-electron chi connectivity index (χ0n) is 15.1. The van der Waals surface area contributed by atoms with Crippen molar-refractivity contribution in [2.75, 3.05) is 6.54 Å². The number of carbonyl (C=O) groups excluding carboxylic acids is 1. The predicted octanol–water partition coefficient (Wildman–Crippen LogP) is 2.21. The Morgan fingerprint density at radius 3 is 2.65 bits per heavy atom. The van der Waals surface area contributed by atoms with Crippen LogP contribution >= 0.6 is 11.6 Å². The monoisotopic (exact) mass is 382 g/mol. The first kappa shape index (κ1) is 19.2. The average Bonchev–Trinajstić information content (AvgIpc) is 2.65. The fraction of sp³-hybridized carbons (Fsp3) is 0.722. The number of piperidine rings is 1. The number of nitrogens with zero attached hydrogens (tertiary/aromatic N) is 1. The molecule has 0 aromatic carbocycles. The lowest BCUT2D eigenvalue weighted by Gasteiger charge is -2.28. The zero-order valence-corrected chi connectivity index (χ0v) is 15.8. The second-order valence-corrected chi connectivity index (χ2v) is 8.06. The van der Waals surface area contributed by atoms with Gasteiger partial charge in [-0.3, -0.25) is 9.59 Å². The number of hydrogen-bond acceptors (Lipinski definition) is 5. The highest BCUT2D eigenvalue weighted by atomic mass is 35.5. The van der Waals surface area contributed by atoms with Crippen molar-refractivity contribution in [3.8, 4) is 5.75 Å². The number of carbonyl (C=O) groups is 1. The Labute approximate surface area is 157 Å². The van der Waals surface area contributed by atoms with Gasteiger partial charge in [-0.05, 0) is 38.5 Å². The molecule has 8 heteroatoms. The van der Waals surface area contributed by atoms with E-state index in [1.165, 1.54) is 19.3 Å². The molecule has 1 aromatic rings. The van der Waals surface area contributed by atoms with Crippen LogP contribution in [0.1, 0.15) is 74.2 Å². The topological polar surface area (TPSA) is 107 Å². The summed E-state index contributed by atoms with van der Waals surface area (Å²) in [6, 6.07) is -0.197. The molecule has 144 valence electrons. The Hall–Kier alpha value is -1.60. The summed E-state index contributed by atoms with van der Waals surface area (Å²) in [6.45, 7) is 2.58. The second kappa shape index (κ2) is 8.39. The summed E-state index contributed by atoms with van der Waals surface area (Å²) in [5.41, 5.74) is -0.901. The molecule has 1 aromatic heterocycles. The van der Waals surface area contributed by atoms with Gasteiger partial charge in [-0.2, -0.15) is 0 Å². The SMILES string of the molecule is C[C@@H](NC(=O)c1nc(C2CC[C@@H](Cl)CN2)[nH]c(=O)c1O)C1CCCCC1. The minimum absolute atomic E-state index is 0.0171. The molecule has 1 aliphatic heterocycles. The summed E-state index contributed by atoms with van der Waals surface area (Å²) >= 11 is 6.08. The summed E-state index contributed by atoms with van der Waals surface area (Å²) in [4.78, 5) is 31.5. The highest BCUT2D eigenvalue weighted by Gasteiger charge is 2.27. The lowest BCUT2D eigenvalue weighted by molar-refractivity contribution is 0.0910. The van der Waals surface area contributed by atoms with E-state index < -0.39 is 17.2 Å². The molecule has 3 rings (SSSR count). The number of H-pyrrole nitrogens is 1. The number of aromatic hydroxyl groups is 1. The van der Waals surface area contributed by atoms with E-state index in [1.807, 2.05) is 6.92 Å². The van der Waals surface area contributed by atoms with Gasteiger partial charge in [0, 0.05) is 18.0 Å². The van der Waals surface area contributed by atoms with Crippen LogP contribution in [0.3, 0.4) is 0 Å². The normalized spacial score (nSPS) is 25.6. The third-order valence-corrected chi connectivity index (χ3v) is 5.90. The van der Waals surface area contributed by atoms with Gasteiger partial charge in [-0.1, -0.05) is 19.3 Å². The van der Waals surface area contributed by atoms with E-state index in [9.17, 15) is 14.7 Å². The Morgan fingerprint density at radius 1 is 1.27 bits per heavy atom. The molecule has 4 N–H and O–H groups in total. The molecular weight excluding hydrogens is 356 g/mol. The molecule has 26 heavy (non-hydrogen) atoms. The summed E-state index contributed by atoms with van der Waals surface area (Å²) in [5, 5.41) is 16.2. The van der Waals surface area contributed by atoms with E-state index in [0.29, 0.717) is 24.7 Å². The van der Waals surface area contributed by atoms with Gasteiger partial charge in [0.1, 0.15) is 5.82 Å². The molecule has 1 aliphatic carbocycles. The van der Waals surface area contributed by atoms with Crippen LogP contribution in [0.25, 0.3) is 0 Å². The van der Waals surface area contributed by atoms with Crippen molar-refractivity contribution in [2.24, 2.45) is 5.92 Å². The minimum Gasteiger partial charge on any atom is -0.501 e. The van der Waals surface area contributed by atoms with Crippen LogP contribution in [0.4, 0.5) is 0 Å². The van der Waals surface area contributed by atoms with Gasteiger partial charge >= 0.3 is 0 Å². The maximum Gasteiger partial charge on any atom is 0.293 e. The molecule has 7 nitrogen and oxygen atoms in total. The van der Waals surface area contributed by atoms with E-state index in [1.54, 1.807) is 0 Å². The van der Waals surface area contributed by atoms with Crippen molar-refractivity contribution in [3.63, 3.8) is 0 Å². The molecule has 1 saturated carbocycles. The van der Waals surface area contributed by atoms with Crippen LogP contribution in [0.2, 0.25) is 0 Å². The molecule has 0 bridgehead atoms. The Balaban J connectivity index is 1.75. The molecule has 2 heterocycles. The first-order valence-electron chi connectivity index (χ1n) is 9.47. The first-order valence-corrected chi connectivity index (χ1v) is 9.91. The second-order valence-electron chi connectivity index (χ2n) is 7.44. The van der Waals surface area contributed by atoms with Crippen LogP contribution in [0.15, 0.2) is 4.79 Å². The third kappa shape index (κ3) is 4.38. The van der Waals surface area contributed by atoms with Crippen LogP contribution < -0.4 is 16.2 Å². The summed E-state index contributed by atoms with van der Waals surface area (Å²) in [6.07, 6.45) is 7.29. The number of halogens is 1. The quantitative estimate of drug-likeness (QED) is 0.597. The number of nitrogens with one attached hydrogen (secondary N) is 3.